The molecule has 0 bridgehead atoms. The number of fused-ring (bicyclic) bond motifs is 4. The number of aromatic nitrogens is 2. The maximum atomic E-state index is 6.17. The Morgan fingerprint density at radius 3 is 2.30 bits per heavy atom. The Morgan fingerprint density at radius 2 is 1.43 bits per heavy atom. The number of oxazole rings is 1. The van der Waals surface area contributed by atoms with Gasteiger partial charge in [0.05, 0.1) is 11.0 Å². The molecule has 0 atom stereocenters. The van der Waals surface area contributed by atoms with E-state index in [2.05, 4.69) is 161 Å². The van der Waals surface area contributed by atoms with E-state index in [1.54, 1.807) is 0 Å². The Bertz CT molecular complexity index is 2470. The summed E-state index contributed by atoms with van der Waals surface area (Å²) in [6.07, 6.45) is 13.2. The predicted octanol–water partition coefficient (Wildman–Crippen LogP) is 12.1. The van der Waals surface area contributed by atoms with Crippen LogP contribution in [0.2, 0.25) is 0 Å². The first kappa shape index (κ1) is 28.3. The largest absolute Gasteiger partial charge is 0.436 e. The van der Waals surface area contributed by atoms with Crippen LogP contribution in [0.5, 0.6) is 0 Å². The molecule has 4 heteroatoms. The normalized spacial score (nSPS) is 15.1. The van der Waals surface area contributed by atoms with Gasteiger partial charge in [0.15, 0.2) is 5.58 Å². The van der Waals surface area contributed by atoms with E-state index in [9.17, 15) is 0 Å². The maximum absolute atomic E-state index is 6.17. The van der Waals surface area contributed by atoms with E-state index >= 15 is 0 Å². The molecule has 2 aliphatic carbocycles. The third kappa shape index (κ3) is 4.99. The van der Waals surface area contributed by atoms with Gasteiger partial charge in [-0.05, 0) is 130 Å². The van der Waals surface area contributed by atoms with Crippen LogP contribution in [0, 0.1) is 3.57 Å². The van der Waals surface area contributed by atoms with Crippen molar-refractivity contribution in [1.82, 2.24) is 9.55 Å². The van der Waals surface area contributed by atoms with E-state index in [0.29, 0.717) is 0 Å². The molecule has 0 saturated carbocycles. The summed E-state index contributed by atoms with van der Waals surface area (Å²) in [5.41, 5.74) is 14.5. The molecule has 0 radical (unpaired) electrons. The Hall–Kier alpha value is -4.94. The Morgan fingerprint density at radius 1 is 0.660 bits per heavy atom. The molecule has 5 aromatic carbocycles. The number of hydrogen-bond acceptors (Lipinski definition) is 2. The fourth-order valence-corrected chi connectivity index (χ4v) is 7.78. The molecule has 0 fully saturated rings. The number of nitrogens with zero attached hydrogens (tertiary/aromatic N) is 2. The third-order valence-corrected chi connectivity index (χ3v) is 10.2. The Balaban J connectivity index is 1.14. The van der Waals surface area contributed by atoms with E-state index in [0.717, 1.165) is 51.8 Å². The average molecular weight is 719 g/mol. The topological polar surface area (TPSA) is 31.0 Å². The number of benzene rings is 5. The highest BCUT2D eigenvalue weighted by Crippen LogP contribution is 2.42. The van der Waals surface area contributed by atoms with Crippen molar-refractivity contribution in [1.29, 1.82) is 0 Å². The lowest BCUT2D eigenvalue weighted by molar-refractivity contribution is 0.579. The Labute approximate surface area is 287 Å². The molecule has 9 rings (SSSR count). The highest BCUT2D eigenvalue weighted by Gasteiger charge is 2.21. The van der Waals surface area contributed by atoms with Gasteiger partial charge in [-0.2, -0.15) is 0 Å². The van der Waals surface area contributed by atoms with E-state index in [1.807, 2.05) is 6.07 Å². The van der Waals surface area contributed by atoms with Gasteiger partial charge in [0.2, 0.25) is 5.89 Å². The molecular formula is C43H31IN2O. The van der Waals surface area contributed by atoms with Crippen molar-refractivity contribution in [3.05, 3.63) is 166 Å². The van der Waals surface area contributed by atoms with Crippen molar-refractivity contribution in [3.63, 3.8) is 0 Å². The SMILES string of the molecule is Ic1ccc2nc(C3=CC=C(C4=C(c5ccccc5-c5ccc6c(c5)c5ccccc5n6-c5ccccc5)C=CCC4)CC3)oc2c1. The van der Waals surface area contributed by atoms with Crippen molar-refractivity contribution < 1.29 is 4.42 Å². The minimum Gasteiger partial charge on any atom is -0.436 e. The van der Waals surface area contributed by atoms with Crippen molar-refractivity contribution in [2.24, 2.45) is 0 Å². The van der Waals surface area contributed by atoms with Gasteiger partial charge in [-0.25, -0.2) is 4.98 Å². The molecule has 226 valence electrons. The lowest BCUT2D eigenvalue weighted by Gasteiger charge is -2.23. The molecule has 7 aromatic rings. The van der Waals surface area contributed by atoms with Gasteiger partial charge >= 0.3 is 0 Å². The molecule has 0 aliphatic heterocycles. The van der Waals surface area contributed by atoms with Crippen LogP contribution in [0.4, 0.5) is 0 Å². The van der Waals surface area contributed by atoms with Crippen LogP contribution in [0.1, 0.15) is 37.1 Å². The van der Waals surface area contributed by atoms with Gasteiger partial charge in [0, 0.05) is 25.6 Å². The Kier molecular flexibility index (Phi) is 7.04. The summed E-state index contributed by atoms with van der Waals surface area (Å²) >= 11 is 2.32. The molecule has 2 aliphatic rings. The summed E-state index contributed by atoms with van der Waals surface area (Å²) < 4.78 is 9.70. The molecule has 2 aromatic heterocycles. The monoisotopic (exact) mass is 718 g/mol. The molecule has 0 unspecified atom stereocenters. The van der Waals surface area contributed by atoms with Crippen LogP contribution in [0.15, 0.2) is 155 Å². The van der Waals surface area contributed by atoms with Crippen LogP contribution < -0.4 is 0 Å². The van der Waals surface area contributed by atoms with Crippen molar-refractivity contribution in [2.45, 2.75) is 25.7 Å². The lowest BCUT2D eigenvalue weighted by atomic mass is 9.82. The van der Waals surface area contributed by atoms with Crippen LogP contribution >= 0.6 is 22.6 Å². The number of rotatable bonds is 5. The fraction of sp³-hybridized carbons (Fsp3) is 0.0930. The second-order valence-corrected chi connectivity index (χ2v) is 13.6. The number of allylic oxidation sites excluding steroid dienone is 8. The smallest absolute Gasteiger partial charge is 0.223 e. The molecule has 47 heavy (non-hydrogen) atoms. The minimum absolute atomic E-state index is 0.740. The summed E-state index contributed by atoms with van der Waals surface area (Å²) in [6, 6.07) is 41.5. The maximum Gasteiger partial charge on any atom is 0.223 e. The highest BCUT2D eigenvalue weighted by molar-refractivity contribution is 14.1. The van der Waals surface area contributed by atoms with Crippen molar-refractivity contribution in [3.8, 4) is 16.8 Å². The summed E-state index contributed by atoms with van der Waals surface area (Å²) in [7, 11) is 0. The summed E-state index contributed by atoms with van der Waals surface area (Å²) in [4.78, 5) is 4.79. The first-order chi connectivity index (χ1) is 23.2. The van der Waals surface area contributed by atoms with Crippen LogP contribution in [-0.4, -0.2) is 9.55 Å². The quantitative estimate of drug-likeness (QED) is 0.166. The first-order valence-electron chi connectivity index (χ1n) is 16.3. The molecule has 0 saturated heterocycles. The molecule has 3 nitrogen and oxygen atoms in total. The molecular weight excluding hydrogens is 687 g/mol. The first-order valence-corrected chi connectivity index (χ1v) is 17.3. The molecule has 0 N–H and O–H groups in total. The predicted molar refractivity (Wildman–Crippen MR) is 204 cm³/mol. The molecule has 2 heterocycles. The second-order valence-electron chi connectivity index (χ2n) is 12.3. The number of halogens is 1. The summed E-state index contributed by atoms with van der Waals surface area (Å²) in [5, 5.41) is 2.54. The van der Waals surface area contributed by atoms with Crippen LogP contribution in [0.25, 0.3) is 60.9 Å². The second kappa shape index (κ2) is 11.7. The van der Waals surface area contributed by atoms with Gasteiger partial charge < -0.3 is 8.98 Å². The van der Waals surface area contributed by atoms with E-state index in [-0.39, 0.29) is 0 Å². The van der Waals surface area contributed by atoms with Crippen molar-refractivity contribution in [2.75, 3.05) is 0 Å². The zero-order valence-corrected chi connectivity index (χ0v) is 27.9. The van der Waals surface area contributed by atoms with Gasteiger partial charge in [-0.3, -0.25) is 0 Å². The average Bonchev–Trinajstić information content (AvgIpc) is 3.71. The standard InChI is InChI=1S/C43H31IN2O/c44-31-23-24-39-42(27-31)47-43(45-39)29-20-18-28(19-21-29)33-12-4-6-14-35(33)36-15-7-5-13-34(36)30-22-25-41-38(26-30)37-16-8-9-17-40(37)46(41)32-10-2-1-3-11-32/h1-3,5-11,13-18,20,22-27H,4,12,19,21H2. The van der Waals surface area contributed by atoms with Crippen molar-refractivity contribution >= 4 is 66.6 Å². The molecule has 0 spiro atoms. The van der Waals surface area contributed by atoms with Gasteiger partial charge in [0.1, 0.15) is 5.52 Å². The zero-order chi connectivity index (χ0) is 31.3. The zero-order valence-electron chi connectivity index (χ0n) is 25.8. The summed E-state index contributed by atoms with van der Waals surface area (Å²) in [5.74, 6) is 0.740. The minimum atomic E-state index is 0.740. The van der Waals surface area contributed by atoms with Crippen LogP contribution in [0.3, 0.4) is 0 Å². The van der Waals surface area contributed by atoms with Gasteiger partial charge in [-0.15, -0.1) is 0 Å². The van der Waals surface area contributed by atoms with Gasteiger partial charge in [-0.1, -0.05) is 91.0 Å². The number of para-hydroxylation sites is 2. The van der Waals surface area contributed by atoms with Gasteiger partial charge in [0.25, 0.3) is 0 Å². The summed E-state index contributed by atoms with van der Waals surface area (Å²) in [6.45, 7) is 0. The lowest BCUT2D eigenvalue weighted by Crippen LogP contribution is -2.03. The van der Waals surface area contributed by atoms with E-state index < -0.39 is 0 Å². The van der Waals surface area contributed by atoms with E-state index in [1.165, 1.54) is 60.9 Å². The highest BCUT2D eigenvalue weighted by atomic mass is 127. The fourth-order valence-electron chi connectivity index (χ4n) is 7.32. The van der Waals surface area contributed by atoms with Crippen LogP contribution in [-0.2, 0) is 0 Å². The third-order valence-electron chi connectivity index (χ3n) is 9.55. The number of hydrogen-bond donors (Lipinski definition) is 0. The molecule has 0 amide bonds. The van der Waals surface area contributed by atoms with E-state index in [4.69, 9.17) is 9.40 Å².